The summed E-state index contributed by atoms with van der Waals surface area (Å²) in [4.78, 5) is 13.0. The lowest BCUT2D eigenvalue weighted by Gasteiger charge is -2.53. The second-order valence-corrected chi connectivity index (χ2v) is 18.9. The summed E-state index contributed by atoms with van der Waals surface area (Å²) in [6, 6.07) is 0. The van der Waals surface area contributed by atoms with Crippen LogP contribution in [0.1, 0.15) is 57.8 Å². The second-order valence-electron chi connectivity index (χ2n) is 18.9. The van der Waals surface area contributed by atoms with Crippen molar-refractivity contribution in [1.82, 2.24) is 0 Å². The van der Waals surface area contributed by atoms with Crippen LogP contribution in [0.2, 0.25) is 0 Å². The first kappa shape index (κ1) is 52.2. The third kappa shape index (κ3) is 11.4. The number of hydrogen-bond donors (Lipinski definition) is 15. The summed E-state index contributed by atoms with van der Waals surface area (Å²) in [7, 11) is 0. The first-order valence-corrected chi connectivity index (χ1v) is 22.9. The molecule has 7 rings (SSSR count). The van der Waals surface area contributed by atoms with Crippen molar-refractivity contribution >= 4 is 5.97 Å². The van der Waals surface area contributed by atoms with Crippen molar-refractivity contribution in [3.8, 4) is 0 Å². The summed E-state index contributed by atoms with van der Waals surface area (Å²) >= 11 is 0. The molecule has 0 amide bonds. The van der Waals surface area contributed by atoms with E-state index in [-0.39, 0.29) is 38.0 Å². The number of fused-ring (bicyclic) bond motifs is 1. The zero-order chi connectivity index (χ0) is 47.7. The van der Waals surface area contributed by atoms with Gasteiger partial charge in [0.1, 0.15) is 73.2 Å². The molecule has 15 N–H and O–H groups in total. The van der Waals surface area contributed by atoms with Crippen molar-refractivity contribution in [3.05, 3.63) is 12.2 Å². The predicted molar refractivity (Wildman–Crippen MR) is 214 cm³/mol. The maximum absolute atomic E-state index is 13.0. The van der Waals surface area contributed by atoms with Crippen LogP contribution in [0.4, 0.5) is 0 Å². The van der Waals surface area contributed by atoms with Gasteiger partial charge in [-0.3, -0.25) is 0 Å². The van der Waals surface area contributed by atoms with Gasteiger partial charge in [0.05, 0.1) is 68.7 Å². The van der Waals surface area contributed by atoms with Crippen molar-refractivity contribution in [3.63, 3.8) is 0 Å². The highest BCUT2D eigenvalue weighted by atomic mass is 16.8. The van der Waals surface area contributed by atoms with Crippen LogP contribution >= 0.6 is 0 Å². The first-order valence-electron chi connectivity index (χ1n) is 22.9. The maximum atomic E-state index is 13.0. The van der Waals surface area contributed by atoms with E-state index >= 15 is 0 Å². The van der Waals surface area contributed by atoms with Crippen LogP contribution in [0.3, 0.4) is 0 Å². The number of allylic oxidation sites excluding steroid dienone is 1. The molecule has 3 saturated carbocycles. The molecule has 380 valence electrons. The van der Waals surface area contributed by atoms with E-state index in [1.54, 1.807) is 6.08 Å². The summed E-state index contributed by atoms with van der Waals surface area (Å²) in [5.41, 5.74) is 0. The Balaban J connectivity index is 1.14. The smallest absolute Gasteiger partial charge is 0.330 e. The third-order valence-corrected chi connectivity index (χ3v) is 14.4. The van der Waals surface area contributed by atoms with E-state index < -0.39 is 185 Å². The quantitative estimate of drug-likeness (QED) is 0.0603. The van der Waals surface area contributed by atoms with Gasteiger partial charge < -0.3 is 114 Å². The molecule has 7 aliphatic rings. The minimum absolute atomic E-state index is 0.0314. The highest BCUT2D eigenvalue weighted by Crippen LogP contribution is 2.45. The molecular weight excluding hydrogens is 888 g/mol. The Hall–Kier alpha value is -1.67. The van der Waals surface area contributed by atoms with Gasteiger partial charge in [-0.05, 0) is 63.2 Å². The average Bonchev–Trinajstić information content (AvgIpc) is 3.29. The number of carbonyl (C=O) groups excluding carboxylic acids is 1. The molecule has 4 saturated heterocycles. The van der Waals surface area contributed by atoms with Gasteiger partial charge in [0, 0.05) is 18.4 Å². The number of ether oxygens (including phenoxy) is 8. The standard InChI is InChI=1S/C42H68O24/c43-12-25-30(52)33(55)35(57)40(62-25)60-23-10-18(47)9-22-19(23)11-24(37(59-22)16-7-20(48)29(51)21(49)8-16)61-42-39(34(56)31(53)26(13-44)64-42)66-41-36(58)38(32(54)27(14-45)63-41)65-28(50)6-3-15-1-4-17(46)5-2-15/h3,6,15-27,29-49,51-58H,1-2,4-5,7-14H2. The largest absolute Gasteiger partial charge is 0.453 e. The van der Waals surface area contributed by atoms with Gasteiger partial charge in [-0.1, -0.05) is 6.08 Å². The zero-order valence-electron chi connectivity index (χ0n) is 36.1. The highest BCUT2D eigenvalue weighted by molar-refractivity contribution is 5.82. The van der Waals surface area contributed by atoms with Gasteiger partial charge in [0.15, 0.2) is 25.0 Å². The number of aliphatic hydroxyl groups excluding tert-OH is 15. The molecule has 0 bridgehead atoms. The monoisotopic (exact) mass is 956 g/mol. The molecule has 0 aromatic rings. The molecule has 4 aliphatic heterocycles. The fourth-order valence-corrected chi connectivity index (χ4v) is 10.6. The Morgan fingerprint density at radius 1 is 0.500 bits per heavy atom. The van der Waals surface area contributed by atoms with E-state index in [1.165, 1.54) is 0 Å². The topological polar surface area (TPSA) is 394 Å². The van der Waals surface area contributed by atoms with Crippen LogP contribution < -0.4 is 0 Å². The van der Waals surface area contributed by atoms with Gasteiger partial charge in [-0.25, -0.2) is 4.79 Å². The zero-order valence-corrected chi connectivity index (χ0v) is 36.1. The molecular formula is C42H68O24. The highest BCUT2D eigenvalue weighted by Gasteiger charge is 2.57. The molecule has 0 aromatic heterocycles. The number of rotatable bonds is 13. The predicted octanol–water partition coefficient (Wildman–Crippen LogP) is -6.74. The summed E-state index contributed by atoms with van der Waals surface area (Å²) in [5.74, 6) is -2.47. The Morgan fingerprint density at radius 2 is 1.06 bits per heavy atom. The molecule has 24 nitrogen and oxygen atoms in total. The molecule has 7 fully saturated rings. The van der Waals surface area contributed by atoms with E-state index in [4.69, 9.17) is 37.9 Å². The maximum Gasteiger partial charge on any atom is 0.330 e. The van der Waals surface area contributed by atoms with Crippen LogP contribution in [0.15, 0.2) is 12.2 Å². The van der Waals surface area contributed by atoms with Gasteiger partial charge in [-0.2, -0.15) is 0 Å². The van der Waals surface area contributed by atoms with Gasteiger partial charge in [0.25, 0.3) is 0 Å². The van der Waals surface area contributed by atoms with Gasteiger partial charge in [-0.15, -0.1) is 0 Å². The molecule has 0 spiro atoms. The fraction of sp³-hybridized carbons (Fsp3) is 0.929. The first-order chi connectivity index (χ1) is 31.4. The number of hydrogen-bond acceptors (Lipinski definition) is 24. The van der Waals surface area contributed by atoms with Crippen LogP contribution in [0, 0.1) is 17.8 Å². The molecule has 24 heteroatoms. The van der Waals surface area contributed by atoms with E-state index in [2.05, 4.69) is 0 Å². The summed E-state index contributed by atoms with van der Waals surface area (Å²) in [5, 5.41) is 160. The van der Waals surface area contributed by atoms with E-state index in [0.717, 1.165) is 6.08 Å². The van der Waals surface area contributed by atoms with E-state index in [0.29, 0.717) is 25.7 Å². The normalized spacial score (nSPS) is 51.6. The minimum atomic E-state index is -2.00. The molecule has 23 atom stereocenters. The Bertz CT molecular complexity index is 1560. The molecule has 0 radical (unpaired) electrons. The van der Waals surface area contributed by atoms with Gasteiger partial charge >= 0.3 is 5.97 Å². The Labute approximate surface area is 379 Å². The van der Waals surface area contributed by atoms with Gasteiger partial charge in [0.2, 0.25) is 0 Å². The average molecular weight is 957 g/mol. The van der Waals surface area contributed by atoms with Crippen LogP contribution in [0.5, 0.6) is 0 Å². The second kappa shape index (κ2) is 22.6. The SMILES string of the molecule is O=C(C=CC1CCC(O)CC1)OC1C(O)C(CO)OC(OC2C(OC3CC4C(OC5OC(CO)C(O)C(O)C5O)CC(O)CC4OC3C3CC(O)C(O)C(O)C3)OC(CO)C(O)C2O)C1O. The van der Waals surface area contributed by atoms with Crippen molar-refractivity contribution in [2.45, 2.75) is 205 Å². The Kier molecular flexibility index (Phi) is 17.9. The molecule has 66 heavy (non-hydrogen) atoms. The van der Waals surface area contributed by atoms with Crippen molar-refractivity contribution in [2.75, 3.05) is 19.8 Å². The summed E-state index contributed by atoms with van der Waals surface area (Å²) < 4.78 is 48.1. The van der Waals surface area contributed by atoms with Crippen LogP contribution in [-0.4, -0.2) is 249 Å². The van der Waals surface area contributed by atoms with Crippen molar-refractivity contribution < 1.29 is 119 Å². The number of carbonyl (C=O) groups is 1. The van der Waals surface area contributed by atoms with E-state index in [9.17, 15) is 81.4 Å². The molecule has 4 heterocycles. The van der Waals surface area contributed by atoms with Crippen molar-refractivity contribution in [1.29, 1.82) is 0 Å². The molecule has 3 aliphatic carbocycles. The number of aliphatic hydroxyl groups is 15. The lowest BCUT2D eigenvalue weighted by molar-refractivity contribution is -0.380. The minimum Gasteiger partial charge on any atom is -0.453 e. The van der Waals surface area contributed by atoms with Crippen LogP contribution in [0.25, 0.3) is 0 Å². The number of esters is 1. The Morgan fingerprint density at radius 3 is 1.68 bits per heavy atom. The fourth-order valence-electron chi connectivity index (χ4n) is 10.6. The third-order valence-electron chi connectivity index (χ3n) is 14.4. The lowest BCUT2D eigenvalue weighted by Crippen LogP contribution is -2.66. The summed E-state index contributed by atoms with van der Waals surface area (Å²) in [6.07, 6.45) is -31.2. The summed E-state index contributed by atoms with van der Waals surface area (Å²) in [6.45, 7) is -2.45. The molecule has 23 unspecified atom stereocenters. The molecule has 0 aromatic carbocycles. The van der Waals surface area contributed by atoms with Crippen LogP contribution in [-0.2, 0) is 42.7 Å². The lowest BCUT2D eigenvalue weighted by atomic mass is 9.72. The van der Waals surface area contributed by atoms with Crippen molar-refractivity contribution in [2.24, 2.45) is 17.8 Å². The van der Waals surface area contributed by atoms with E-state index in [1.807, 2.05) is 0 Å².